The van der Waals surface area contributed by atoms with Gasteiger partial charge in [-0.1, -0.05) is 13.8 Å². The van der Waals surface area contributed by atoms with E-state index in [4.69, 9.17) is 10.8 Å². The number of nitrogens with two attached hydrogens (primary N) is 1. The quantitative estimate of drug-likeness (QED) is 0.483. The Morgan fingerprint density at radius 2 is 1.87 bits per heavy atom. The fourth-order valence-corrected chi connectivity index (χ4v) is 1.05. The van der Waals surface area contributed by atoms with Gasteiger partial charge in [0.15, 0.2) is 0 Å². The number of amides is 3. The first-order valence-electron chi connectivity index (χ1n) is 4.86. The van der Waals surface area contributed by atoms with E-state index in [0.29, 0.717) is 0 Å². The van der Waals surface area contributed by atoms with Crippen molar-refractivity contribution in [2.24, 2.45) is 11.7 Å². The molecule has 15 heavy (non-hydrogen) atoms. The normalized spacial score (nSPS) is 14.5. The second-order valence-corrected chi connectivity index (χ2v) is 3.82. The molecule has 0 aromatic rings. The molecule has 6 nitrogen and oxygen atoms in total. The Labute approximate surface area is 89.2 Å². The predicted molar refractivity (Wildman–Crippen MR) is 56.0 cm³/mol. The van der Waals surface area contributed by atoms with E-state index in [2.05, 4.69) is 10.6 Å². The van der Waals surface area contributed by atoms with Crippen LogP contribution in [0.4, 0.5) is 4.79 Å². The van der Waals surface area contributed by atoms with Crippen molar-refractivity contribution in [1.82, 2.24) is 10.6 Å². The SMILES string of the molecule is CC(O)CNC(=O)C(NC(N)=O)C(C)C. The molecule has 0 rings (SSSR count). The largest absolute Gasteiger partial charge is 0.392 e. The molecule has 0 aromatic carbocycles. The summed E-state index contributed by atoms with van der Waals surface area (Å²) in [4.78, 5) is 22.2. The zero-order valence-electron chi connectivity index (χ0n) is 9.28. The lowest BCUT2D eigenvalue weighted by molar-refractivity contribution is -0.124. The van der Waals surface area contributed by atoms with Gasteiger partial charge in [0.2, 0.25) is 5.91 Å². The molecule has 2 atom stereocenters. The van der Waals surface area contributed by atoms with E-state index in [1.165, 1.54) is 0 Å². The van der Waals surface area contributed by atoms with Crippen molar-refractivity contribution in [1.29, 1.82) is 0 Å². The Bertz CT molecular complexity index is 229. The highest BCUT2D eigenvalue weighted by Crippen LogP contribution is 2.01. The third kappa shape index (κ3) is 5.90. The van der Waals surface area contributed by atoms with Gasteiger partial charge in [0, 0.05) is 6.54 Å². The molecule has 0 radical (unpaired) electrons. The van der Waals surface area contributed by atoms with Gasteiger partial charge in [-0.15, -0.1) is 0 Å². The van der Waals surface area contributed by atoms with Crippen LogP contribution in [-0.2, 0) is 4.79 Å². The Balaban J connectivity index is 4.23. The van der Waals surface area contributed by atoms with Crippen LogP contribution in [0.5, 0.6) is 0 Å². The topological polar surface area (TPSA) is 104 Å². The first kappa shape index (κ1) is 13.7. The van der Waals surface area contributed by atoms with Crippen molar-refractivity contribution >= 4 is 11.9 Å². The van der Waals surface area contributed by atoms with Crippen LogP contribution in [0.25, 0.3) is 0 Å². The number of hydrogen-bond donors (Lipinski definition) is 4. The van der Waals surface area contributed by atoms with Gasteiger partial charge in [-0.2, -0.15) is 0 Å². The number of carbonyl (C=O) groups is 2. The van der Waals surface area contributed by atoms with Crippen molar-refractivity contribution in [2.75, 3.05) is 6.54 Å². The monoisotopic (exact) mass is 217 g/mol. The van der Waals surface area contributed by atoms with Crippen LogP contribution in [0.3, 0.4) is 0 Å². The van der Waals surface area contributed by atoms with E-state index in [1.807, 2.05) is 0 Å². The molecular weight excluding hydrogens is 198 g/mol. The first-order valence-corrected chi connectivity index (χ1v) is 4.86. The molecule has 5 N–H and O–H groups in total. The van der Waals surface area contributed by atoms with Gasteiger partial charge in [0.05, 0.1) is 6.10 Å². The fraction of sp³-hybridized carbons (Fsp3) is 0.778. The lowest BCUT2D eigenvalue weighted by Gasteiger charge is -2.20. The van der Waals surface area contributed by atoms with E-state index in [-0.39, 0.29) is 18.4 Å². The summed E-state index contributed by atoms with van der Waals surface area (Å²) in [6.07, 6.45) is -0.615. The highest BCUT2D eigenvalue weighted by atomic mass is 16.3. The summed E-state index contributed by atoms with van der Waals surface area (Å²) in [5.74, 6) is -0.406. The number of nitrogens with one attached hydrogen (secondary N) is 2. The van der Waals surface area contributed by atoms with E-state index in [9.17, 15) is 9.59 Å². The lowest BCUT2D eigenvalue weighted by atomic mass is 10.0. The maximum absolute atomic E-state index is 11.5. The third-order valence-electron chi connectivity index (χ3n) is 1.82. The number of rotatable bonds is 5. The number of hydrogen-bond acceptors (Lipinski definition) is 3. The molecule has 0 heterocycles. The Kier molecular flexibility index (Phi) is 5.69. The maximum atomic E-state index is 11.5. The molecule has 0 fully saturated rings. The predicted octanol–water partition coefficient (Wildman–Crippen LogP) is -0.824. The smallest absolute Gasteiger partial charge is 0.312 e. The van der Waals surface area contributed by atoms with Crippen LogP contribution in [0.2, 0.25) is 0 Å². The summed E-state index contributed by atoms with van der Waals surface area (Å²) in [6.45, 7) is 5.31. The molecule has 0 saturated heterocycles. The molecule has 0 spiro atoms. The maximum Gasteiger partial charge on any atom is 0.312 e. The number of aliphatic hydroxyl groups is 1. The van der Waals surface area contributed by atoms with Crippen LogP contribution in [-0.4, -0.2) is 35.7 Å². The average molecular weight is 217 g/mol. The van der Waals surface area contributed by atoms with Crippen molar-refractivity contribution in [3.05, 3.63) is 0 Å². The molecule has 3 amide bonds. The molecule has 0 saturated carbocycles. The summed E-state index contributed by atoms with van der Waals surface area (Å²) >= 11 is 0. The molecule has 2 unspecified atom stereocenters. The molecule has 88 valence electrons. The number of aliphatic hydroxyl groups excluding tert-OH is 1. The third-order valence-corrected chi connectivity index (χ3v) is 1.82. The van der Waals surface area contributed by atoms with Gasteiger partial charge >= 0.3 is 6.03 Å². The second kappa shape index (κ2) is 6.23. The van der Waals surface area contributed by atoms with Gasteiger partial charge in [0.1, 0.15) is 6.04 Å². The molecule has 0 aliphatic heterocycles. The molecule has 0 aliphatic rings. The number of carbonyl (C=O) groups excluding carboxylic acids is 2. The highest BCUT2D eigenvalue weighted by molar-refractivity contribution is 5.86. The molecule has 0 bridgehead atoms. The lowest BCUT2D eigenvalue weighted by Crippen LogP contribution is -2.52. The van der Waals surface area contributed by atoms with Crippen LogP contribution in [0.15, 0.2) is 0 Å². The Morgan fingerprint density at radius 3 is 2.20 bits per heavy atom. The van der Waals surface area contributed by atoms with Gasteiger partial charge < -0.3 is 21.5 Å². The number of urea groups is 1. The van der Waals surface area contributed by atoms with Crippen molar-refractivity contribution in [3.8, 4) is 0 Å². The first-order chi connectivity index (χ1) is 6.84. The van der Waals surface area contributed by atoms with Crippen LogP contribution >= 0.6 is 0 Å². The Hall–Kier alpha value is -1.30. The average Bonchev–Trinajstić information content (AvgIpc) is 2.09. The summed E-state index contributed by atoms with van der Waals surface area (Å²) in [5, 5.41) is 13.8. The molecular formula is C9H19N3O3. The van der Waals surface area contributed by atoms with E-state index >= 15 is 0 Å². The van der Waals surface area contributed by atoms with Crippen LogP contribution in [0, 0.1) is 5.92 Å². The highest BCUT2D eigenvalue weighted by Gasteiger charge is 2.22. The van der Waals surface area contributed by atoms with E-state index in [0.717, 1.165) is 0 Å². The van der Waals surface area contributed by atoms with Crippen LogP contribution in [0.1, 0.15) is 20.8 Å². The van der Waals surface area contributed by atoms with E-state index < -0.39 is 18.2 Å². The van der Waals surface area contributed by atoms with Gasteiger partial charge in [0.25, 0.3) is 0 Å². The van der Waals surface area contributed by atoms with Crippen LogP contribution < -0.4 is 16.4 Å². The summed E-state index contributed by atoms with van der Waals surface area (Å²) in [7, 11) is 0. The summed E-state index contributed by atoms with van der Waals surface area (Å²) < 4.78 is 0. The minimum absolute atomic E-state index is 0.0634. The van der Waals surface area contributed by atoms with Gasteiger partial charge in [-0.3, -0.25) is 4.79 Å². The summed E-state index contributed by atoms with van der Waals surface area (Å²) in [5.41, 5.74) is 4.95. The second-order valence-electron chi connectivity index (χ2n) is 3.82. The fourth-order valence-electron chi connectivity index (χ4n) is 1.05. The molecule has 0 aromatic heterocycles. The minimum Gasteiger partial charge on any atom is -0.392 e. The Morgan fingerprint density at radius 1 is 1.33 bits per heavy atom. The zero-order chi connectivity index (χ0) is 12.0. The summed E-state index contributed by atoms with van der Waals surface area (Å²) in [6, 6.07) is -1.40. The van der Waals surface area contributed by atoms with Gasteiger partial charge in [-0.05, 0) is 12.8 Å². The number of primary amides is 1. The van der Waals surface area contributed by atoms with Gasteiger partial charge in [-0.25, -0.2) is 4.79 Å². The minimum atomic E-state index is -0.735. The zero-order valence-corrected chi connectivity index (χ0v) is 9.28. The molecule has 0 aliphatic carbocycles. The van der Waals surface area contributed by atoms with Crippen molar-refractivity contribution in [2.45, 2.75) is 32.9 Å². The standard InChI is InChI=1S/C9H19N3O3/c1-5(2)7(12-9(10)15)8(14)11-4-6(3)13/h5-7,13H,4H2,1-3H3,(H,11,14)(H3,10,12,15). The molecule has 6 heteroatoms. The van der Waals surface area contributed by atoms with Crippen molar-refractivity contribution in [3.63, 3.8) is 0 Å². The van der Waals surface area contributed by atoms with Crippen molar-refractivity contribution < 1.29 is 14.7 Å². The van der Waals surface area contributed by atoms with E-state index in [1.54, 1.807) is 20.8 Å².